The first kappa shape index (κ1) is 24.8. The first-order valence-corrected chi connectivity index (χ1v) is 12.7. The third-order valence-electron chi connectivity index (χ3n) is 6.61. The summed E-state index contributed by atoms with van der Waals surface area (Å²) in [5, 5.41) is 0. The third-order valence-corrected chi connectivity index (χ3v) is 7.63. The number of nitrogens with two attached hydrogens (primary N) is 1. The molecule has 1 heterocycles. The third kappa shape index (κ3) is 6.14. The SMILES string of the molecule is COC(=O)c1sc(C#CC(C)(C)C)cc1N(C(=O)C1CCC(C)CC1)C1CCC(N)CC1. The van der Waals surface area contributed by atoms with Crippen molar-refractivity contribution in [2.75, 3.05) is 12.0 Å². The number of nitrogens with zero attached hydrogens (tertiary/aromatic N) is 1. The van der Waals surface area contributed by atoms with E-state index in [0.717, 1.165) is 56.2 Å². The molecule has 6 heteroatoms. The molecule has 176 valence electrons. The number of hydrogen-bond acceptors (Lipinski definition) is 5. The maximum Gasteiger partial charge on any atom is 0.350 e. The summed E-state index contributed by atoms with van der Waals surface area (Å²) in [6, 6.07) is 2.17. The molecule has 5 nitrogen and oxygen atoms in total. The van der Waals surface area contributed by atoms with Gasteiger partial charge in [-0.25, -0.2) is 4.79 Å². The van der Waals surface area contributed by atoms with Crippen LogP contribution in [0.5, 0.6) is 0 Å². The second-order valence-electron chi connectivity index (χ2n) is 10.6. The summed E-state index contributed by atoms with van der Waals surface area (Å²) in [4.78, 5) is 29.8. The summed E-state index contributed by atoms with van der Waals surface area (Å²) < 4.78 is 5.09. The van der Waals surface area contributed by atoms with Crippen molar-refractivity contribution < 1.29 is 14.3 Å². The van der Waals surface area contributed by atoms with Gasteiger partial charge in [0.1, 0.15) is 4.88 Å². The van der Waals surface area contributed by atoms with Crippen LogP contribution in [0.4, 0.5) is 5.69 Å². The molecule has 0 atom stereocenters. The summed E-state index contributed by atoms with van der Waals surface area (Å²) in [5.41, 5.74) is 6.68. The number of rotatable bonds is 4. The molecule has 0 spiro atoms. The number of anilines is 1. The highest BCUT2D eigenvalue weighted by Crippen LogP contribution is 2.39. The normalized spacial score (nSPS) is 26.1. The average Bonchev–Trinajstić information content (AvgIpc) is 3.17. The van der Waals surface area contributed by atoms with Gasteiger partial charge in [-0.2, -0.15) is 0 Å². The molecule has 0 aromatic carbocycles. The van der Waals surface area contributed by atoms with E-state index >= 15 is 0 Å². The van der Waals surface area contributed by atoms with E-state index in [-0.39, 0.29) is 29.3 Å². The minimum absolute atomic E-state index is 0.0105. The molecule has 2 N–H and O–H groups in total. The summed E-state index contributed by atoms with van der Waals surface area (Å²) >= 11 is 1.32. The topological polar surface area (TPSA) is 72.6 Å². The van der Waals surface area contributed by atoms with Crippen molar-refractivity contribution in [3.63, 3.8) is 0 Å². The van der Waals surface area contributed by atoms with Crippen LogP contribution in [-0.2, 0) is 9.53 Å². The summed E-state index contributed by atoms with van der Waals surface area (Å²) in [6.07, 6.45) is 7.49. The molecular formula is C26H38N2O3S. The zero-order chi connectivity index (χ0) is 23.5. The lowest BCUT2D eigenvalue weighted by Gasteiger charge is -2.39. The minimum Gasteiger partial charge on any atom is -0.465 e. The number of carbonyl (C=O) groups is 2. The summed E-state index contributed by atoms with van der Waals surface area (Å²) in [5.74, 6) is 6.89. The number of thiophene rings is 1. The number of hydrogen-bond donors (Lipinski definition) is 1. The van der Waals surface area contributed by atoms with Crippen molar-refractivity contribution in [1.29, 1.82) is 0 Å². The van der Waals surface area contributed by atoms with E-state index < -0.39 is 5.97 Å². The fourth-order valence-corrected chi connectivity index (χ4v) is 5.59. The van der Waals surface area contributed by atoms with Crippen LogP contribution in [-0.4, -0.2) is 31.1 Å². The van der Waals surface area contributed by atoms with Crippen LogP contribution in [0.2, 0.25) is 0 Å². The van der Waals surface area contributed by atoms with Crippen LogP contribution >= 0.6 is 11.3 Å². The van der Waals surface area contributed by atoms with Gasteiger partial charge in [0.15, 0.2) is 0 Å². The van der Waals surface area contributed by atoms with Crippen molar-refractivity contribution in [3.8, 4) is 11.8 Å². The molecule has 1 aromatic rings. The Bertz CT molecular complexity index is 873. The molecule has 2 aliphatic rings. The predicted octanol–water partition coefficient (Wildman–Crippen LogP) is 5.36. The Hall–Kier alpha value is -1.84. The molecule has 2 saturated carbocycles. The molecule has 0 unspecified atom stereocenters. The molecule has 2 fully saturated rings. The number of amides is 1. The lowest BCUT2D eigenvalue weighted by molar-refractivity contribution is -0.124. The van der Waals surface area contributed by atoms with Gasteiger partial charge in [0.05, 0.1) is 17.7 Å². The Morgan fingerprint density at radius 1 is 1.09 bits per heavy atom. The summed E-state index contributed by atoms with van der Waals surface area (Å²) in [6.45, 7) is 8.43. The van der Waals surface area contributed by atoms with E-state index in [0.29, 0.717) is 16.5 Å². The molecule has 1 amide bonds. The number of methoxy groups -OCH3 is 1. The predicted molar refractivity (Wildman–Crippen MR) is 131 cm³/mol. The van der Waals surface area contributed by atoms with Gasteiger partial charge in [0, 0.05) is 23.4 Å². The van der Waals surface area contributed by atoms with Gasteiger partial charge in [-0.15, -0.1) is 11.3 Å². The van der Waals surface area contributed by atoms with Crippen molar-refractivity contribution in [2.24, 2.45) is 23.0 Å². The fourth-order valence-electron chi connectivity index (χ4n) is 4.67. The first-order chi connectivity index (χ1) is 15.1. The maximum atomic E-state index is 13.9. The quantitative estimate of drug-likeness (QED) is 0.487. The maximum absolute atomic E-state index is 13.9. The van der Waals surface area contributed by atoms with Crippen molar-refractivity contribution in [3.05, 3.63) is 15.8 Å². The molecule has 2 aliphatic carbocycles. The Balaban J connectivity index is 2.02. The van der Waals surface area contributed by atoms with Crippen LogP contribution in [0.15, 0.2) is 6.07 Å². The fraction of sp³-hybridized carbons (Fsp3) is 0.692. The van der Waals surface area contributed by atoms with E-state index in [4.69, 9.17) is 10.5 Å². The highest BCUT2D eigenvalue weighted by molar-refractivity contribution is 7.15. The second-order valence-corrected chi connectivity index (χ2v) is 11.6. The highest BCUT2D eigenvalue weighted by Gasteiger charge is 2.37. The van der Waals surface area contributed by atoms with Crippen molar-refractivity contribution in [1.82, 2.24) is 0 Å². The molecular weight excluding hydrogens is 420 g/mol. The van der Waals surface area contributed by atoms with Crippen molar-refractivity contribution in [2.45, 2.75) is 91.1 Å². The van der Waals surface area contributed by atoms with Crippen LogP contribution in [0.1, 0.15) is 93.6 Å². The largest absolute Gasteiger partial charge is 0.465 e. The first-order valence-electron chi connectivity index (χ1n) is 11.9. The van der Waals surface area contributed by atoms with Crippen LogP contribution in [0.3, 0.4) is 0 Å². The zero-order valence-corrected chi connectivity index (χ0v) is 21.0. The van der Waals surface area contributed by atoms with Gasteiger partial charge >= 0.3 is 5.97 Å². The smallest absolute Gasteiger partial charge is 0.350 e. The van der Waals surface area contributed by atoms with E-state index in [1.54, 1.807) is 0 Å². The lowest BCUT2D eigenvalue weighted by Crippen LogP contribution is -2.47. The molecule has 1 aromatic heterocycles. The highest BCUT2D eigenvalue weighted by atomic mass is 32.1. The van der Waals surface area contributed by atoms with E-state index in [1.807, 2.05) is 11.0 Å². The van der Waals surface area contributed by atoms with Gasteiger partial charge in [0.25, 0.3) is 0 Å². The van der Waals surface area contributed by atoms with E-state index in [9.17, 15) is 9.59 Å². The summed E-state index contributed by atoms with van der Waals surface area (Å²) in [7, 11) is 1.39. The van der Waals surface area contributed by atoms with Gasteiger partial charge in [-0.3, -0.25) is 4.79 Å². The van der Waals surface area contributed by atoms with Crippen LogP contribution in [0.25, 0.3) is 0 Å². The van der Waals surface area contributed by atoms with Crippen LogP contribution in [0, 0.1) is 29.1 Å². The second kappa shape index (κ2) is 10.4. The zero-order valence-electron chi connectivity index (χ0n) is 20.2. The molecule has 0 bridgehead atoms. The minimum atomic E-state index is -0.406. The molecule has 0 radical (unpaired) electrons. The van der Waals surface area contributed by atoms with E-state index in [2.05, 4.69) is 39.5 Å². The average molecular weight is 459 g/mol. The monoisotopic (exact) mass is 458 g/mol. The van der Waals surface area contributed by atoms with Gasteiger partial charge in [0.2, 0.25) is 5.91 Å². The van der Waals surface area contributed by atoms with Crippen molar-refractivity contribution >= 4 is 28.9 Å². The molecule has 0 aliphatic heterocycles. The molecule has 32 heavy (non-hydrogen) atoms. The van der Waals surface area contributed by atoms with Gasteiger partial charge in [-0.1, -0.05) is 18.8 Å². The Morgan fingerprint density at radius 3 is 2.28 bits per heavy atom. The van der Waals surface area contributed by atoms with Gasteiger partial charge in [-0.05, 0) is 84.1 Å². The van der Waals surface area contributed by atoms with E-state index in [1.165, 1.54) is 18.4 Å². The van der Waals surface area contributed by atoms with Crippen LogP contribution < -0.4 is 10.6 Å². The lowest BCUT2D eigenvalue weighted by atomic mass is 9.81. The van der Waals surface area contributed by atoms with Gasteiger partial charge < -0.3 is 15.4 Å². The number of ether oxygens (including phenoxy) is 1. The standard InChI is InChI=1S/C26H38N2O3S/c1-17-6-8-18(9-7-17)24(29)28(20-12-10-19(27)11-13-20)22-16-21(14-15-26(2,3)4)32-23(22)25(30)31-5/h16-20H,6-13,27H2,1-5H3. The Labute approximate surface area is 197 Å². The molecule has 3 rings (SSSR count). The Morgan fingerprint density at radius 2 is 1.72 bits per heavy atom. The number of esters is 1. The Kier molecular flexibility index (Phi) is 8.06. The molecule has 0 saturated heterocycles. The number of carbonyl (C=O) groups excluding carboxylic acids is 2.